The molecule has 0 radical (unpaired) electrons. The van der Waals surface area contributed by atoms with Crippen molar-refractivity contribution in [1.29, 1.82) is 0 Å². The van der Waals surface area contributed by atoms with Crippen LogP contribution in [0.25, 0.3) is 0 Å². The molecule has 1 atom stereocenters. The summed E-state index contributed by atoms with van der Waals surface area (Å²) < 4.78 is 5.20. The van der Waals surface area contributed by atoms with E-state index in [0.29, 0.717) is 5.56 Å². The van der Waals surface area contributed by atoms with E-state index in [4.69, 9.17) is 4.74 Å². The lowest BCUT2D eigenvalue weighted by Gasteiger charge is -2.20. The molecule has 3 aromatic carbocycles. The maximum Gasteiger partial charge on any atom is 0.293 e. The van der Waals surface area contributed by atoms with Gasteiger partial charge in [0.1, 0.15) is 5.75 Å². The van der Waals surface area contributed by atoms with Crippen LogP contribution in [-0.4, -0.2) is 18.8 Å². The Kier molecular flexibility index (Phi) is 5.67. The molecule has 4 nitrogen and oxygen atoms in total. The average molecular weight is 359 g/mol. The second-order valence-corrected chi connectivity index (χ2v) is 6.29. The van der Waals surface area contributed by atoms with Crippen LogP contribution in [0.4, 0.5) is 0 Å². The number of nitrogens with one attached hydrogen (secondary N) is 1. The minimum atomic E-state index is -0.636. The monoisotopic (exact) mass is 359 g/mol. The minimum absolute atomic E-state index is 0.375. The van der Waals surface area contributed by atoms with Crippen molar-refractivity contribution in [2.75, 3.05) is 7.11 Å². The van der Waals surface area contributed by atoms with E-state index in [0.717, 1.165) is 22.4 Å². The molecule has 4 heteroatoms. The third kappa shape index (κ3) is 4.42. The van der Waals surface area contributed by atoms with E-state index in [1.54, 1.807) is 19.2 Å². The Hall–Kier alpha value is -3.40. The van der Waals surface area contributed by atoms with Gasteiger partial charge in [-0.05, 0) is 30.2 Å². The lowest BCUT2D eigenvalue weighted by atomic mass is 9.98. The van der Waals surface area contributed by atoms with Gasteiger partial charge in [0.25, 0.3) is 5.91 Å². The summed E-state index contributed by atoms with van der Waals surface area (Å²) in [6.45, 7) is 1.93. The van der Waals surface area contributed by atoms with E-state index in [2.05, 4.69) is 5.32 Å². The minimum Gasteiger partial charge on any atom is -0.497 e. The van der Waals surface area contributed by atoms with Gasteiger partial charge in [0.05, 0.1) is 13.2 Å². The van der Waals surface area contributed by atoms with Gasteiger partial charge in [-0.15, -0.1) is 0 Å². The zero-order valence-corrected chi connectivity index (χ0v) is 15.3. The largest absolute Gasteiger partial charge is 0.497 e. The Bertz CT molecular complexity index is 916. The van der Waals surface area contributed by atoms with Crippen LogP contribution in [0.5, 0.6) is 5.75 Å². The molecule has 1 unspecified atom stereocenters. The van der Waals surface area contributed by atoms with Crippen LogP contribution in [-0.2, 0) is 4.79 Å². The van der Waals surface area contributed by atoms with Crippen LogP contribution < -0.4 is 10.1 Å². The van der Waals surface area contributed by atoms with Gasteiger partial charge in [0, 0.05) is 5.56 Å². The molecule has 0 aromatic heterocycles. The topological polar surface area (TPSA) is 55.4 Å². The summed E-state index contributed by atoms with van der Waals surface area (Å²) in [5, 5.41) is 2.87. The van der Waals surface area contributed by atoms with Crippen molar-refractivity contribution in [1.82, 2.24) is 5.32 Å². The highest BCUT2D eigenvalue weighted by atomic mass is 16.5. The Morgan fingerprint density at radius 2 is 1.41 bits per heavy atom. The first-order valence-electron chi connectivity index (χ1n) is 8.69. The SMILES string of the molecule is COc1ccc(C(NC(=O)C(=O)c2ccc(C)cc2)c2ccccc2)cc1. The molecule has 3 rings (SSSR count). The maximum atomic E-state index is 12.6. The third-order valence-corrected chi connectivity index (χ3v) is 4.38. The molecule has 0 saturated carbocycles. The van der Waals surface area contributed by atoms with E-state index in [1.165, 1.54) is 0 Å². The van der Waals surface area contributed by atoms with Crippen LogP contribution in [0, 0.1) is 6.92 Å². The van der Waals surface area contributed by atoms with Crippen molar-refractivity contribution in [3.05, 3.63) is 101 Å². The van der Waals surface area contributed by atoms with Crippen LogP contribution >= 0.6 is 0 Å². The smallest absolute Gasteiger partial charge is 0.293 e. The van der Waals surface area contributed by atoms with Crippen molar-refractivity contribution in [3.63, 3.8) is 0 Å². The highest BCUT2D eigenvalue weighted by molar-refractivity contribution is 6.42. The number of carbonyl (C=O) groups excluding carboxylic acids is 2. The van der Waals surface area contributed by atoms with Crippen LogP contribution in [0.2, 0.25) is 0 Å². The first kappa shape index (κ1) is 18.4. The van der Waals surface area contributed by atoms with E-state index >= 15 is 0 Å². The number of amides is 1. The zero-order chi connectivity index (χ0) is 19.2. The van der Waals surface area contributed by atoms with Gasteiger partial charge in [0.15, 0.2) is 0 Å². The number of methoxy groups -OCH3 is 1. The lowest BCUT2D eigenvalue weighted by molar-refractivity contribution is -0.117. The van der Waals surface area contributed by atoms with Crippen LogP contribution in [0.1, 0.15) is 33.1 Å². The number of benzene rings is 3. The van der Waals surface area contributed by atoms with Crippen molar-refractivity contribution in [2.45, 2.75) is 13.0 Å². The predicted molar refractivity (Wildman–Crippen MR) is 105 cm³/mol. The summed E-state index contributed by atoms with van der Waals surface area (Å²) in [6.07, 6.45) is 0. The number of rotatable bonds is 6. The van der Waals surface area contributed by atoms with E-state index in [9.17, 15) is 9.59 Å². The molecular formula is C23H21NO3. The number of Topliss-reactive ketones (excluding diaryl/α,β-unsaturated/α-hetero) is 1. The second kappa shape index (κ2) is 8.32. The van der Waals surface area contributed by atoms with Gasteiger partial charge in [-0.25, -0.2) is 0 Å². The van der Waals surface area contributed by atoms with Gasteiger partial charge in [-0.2, -0.15) is 0 Å². The third-order valence-electron chi connectivity index (χ3n) is 4.38. The fourth-order valence-corrected chi connectivity index (χ4v) is 2.83. The fourth-order valence-electron chi connectivity index (χ4n) is 2.83. The Morgan fingerprint density at radius 1 is 0.815 bits per heavy atom. The number of ether oxygens (including phenoxy) is 1. The number of hydrogen-bond donors (Lipinski definition) is 1. The van der Waals surface area contributed by atoms with Crippen molar-refractivity contribution >= 4 is 11.7 Å². The molecule has 0 spiro atoms. The molecular weight excluding hydrogens is 338 g/mol. The summed E-state index contributed by atoms with van der Waals surface area (Å²) in [7, 11) is 1.60. The van der Waals surface area contributed by atoms with Gasteiger partial charge in [0.2, 0.25) is 5.78 Å². The normalized spacial score (nSPS) is 11.5. The van der Waals surface area contributed by atoms with Crippen molar-refractivity contribution in [2.24, 2.45) is 0 Å². The predicted octanol–water partition coefficient (Wildman–Crippen LogP) is 4.09. The van der Waals surface area contributed by atoms with Gasteiger partial charge >= 0.3 is 0 Å². The number of carbonyl (C=O) groups is 2. The van der Waals surface area contributed by atoms with Crippen molar-refractivity contribution in [3.8, 4) is 5.75 Å². The number of ketones is 1. The van der Waals surface area contributed by atoms with E-state index < -0.39 is 17.7 Å². The number of aryl methyl sites for hydroxylation is 1. The molecule has 136 valence electrons. The highest BCUT2D eigenvalue weighted by Gasteiger charge is 2.22. The zero-order valence-electron chi connectivity index (χ0n) is 15.3. The van der Waals surface area contributed by atoms with Gasteiger partial charge in [-0.3, -0.25) is 9.59 Å². The molecule has 27 heavy (non-hydrogen) atoms. The molecule has 1 N–H and O–H groups in total. The molecule has 0 saturated heterocycles. The van der Waals surface area contributed by atoms with E-state index in [1.807, 2.05) is 73.7 Å². The quantitative estimate of drug-likeness (QED) is 0.533. The molecule has 0 bridgehead atoms. The Balaban J connectivity index is 1.87. The molecule has 0 heterocycles. The Labute approximate surface area is 158 Å². The molecule has 0 aliphatic carbocycles. The molecule has 3 aromatic rings. The summed E-state index contributed by atoms with van der Waals surface area (Å²) in [6, 6.07) is 23.5. The Morgan fingerprint density at radius 3 is 2.00 bits per heavy atom. The standard InChI is InChI=1S/C23H21NO3/c1-16-8-10-19(11-9-16)22(25)23(26)24-21(17-6-4-3-5-7-17)18-12-14-20(27-2)15-13-18/h3-15,21H,1-2H3,(H,24,26). The fraction of sp³-hybridized carbons (Fsp3) is 0.130. The van der Waals surface area contributed by atoms with Gasteiger partial charge < -0.3 is 10.1 Å². The van der Waals surface area contributed by atoms with Gasteiger partial charge in [-0.1, -0.05) is 72.3 Å². The second-order valence-electron chi connectivity index (χ2n) is 6.29. The first-order valence-corrected chi connectivity index (χ1v) is 8.69. The van der Waals surface area contributed by atoms with Crippen LogP contribution in [0.15, 0.2) is 78.9 Å². The van der Waals surface area contributed by atoms with E-state index in [-0.39, 0.29) is 0 Å². The summed E-state index contributed by atoms with van der Waals surface area (Å²) in [5.74, 6) is -0.458. The first-order chi connectivity index (χ1) is 13.1. The summed E-state index contributed by atoms with van der Waals surface area (Å²) in [5.41, 5.74) is 3.17. The molecule has 1 amide bonds. The van der Waals surface area contributed by atoms with Crippen molar-refractivity contribution < 1.29 is 14.3 Å². The number of hydrogen-bond acceptors (Lipinski definition) is 3. The summed E-state index contributed by atoms with van der Waals surface area (Å²) in [4.78, 5) is 25.1. The lowest BCUT2D eigenvalue weighted by Crippen LogP contribution is -2.35. The average Bonchev–Trinajstić information content (AvgIpc) is 2.72. The molecule has 0 aliphatic heterocycles. The molecule has 0 aliphatic rings. The maximum absolute atomic E-state index is 12.6. The molecule has 0 fully saturated rings. The highest BCUT2D eigenvalue weighted by Crippen LogP contribution is 2.24. The summed E-state index contributed by atoms with van der Waals surface area (Å²) >= 11 is 0. The van der Waals surface area contributed by atoms with Crippen LogP contribution in [0.3, 0.4) is 0 Å².